The van der Waals surface area contributed by atoms with Crippen LogP contribution in [0.4, 0.5) is 5.69 Å². The zero-order valence-electron chi connectivity index (χ0n) is 23.9. The minimum Gasteiger partial charge on any atom is -0.394 e. The van der Waals surface area contributed by atoms with E-state index in [1.165, 1.54) is 0 Å². The van der Waals surface area contributed by atoms with Gasteiger partial charge in [-0.25, -0.2) is 0 Å². The number of hydrogen-bond donors (Lipinski definition) is 1. The molecule has 1 spiro atoms. The molecule has 41 heavy (non-hydrogen) atoms. The molecule has 2 bridgehead atoms. The number of fused-ring (bicyclic) bond motifs is 1. The molecular formula is C32H42BrN3O5. The van der Waals surface area contributed by atoms with Crippen molar-refractivity contribution in [2.75, 3.05) is 24.6 Å². The number of likely N-dealkylation sites (tertiary alicyclic amines) is 1. The average Bonchev–Trinajstić information content (AvgIpc) is 3.59. The van der Waals surface area contributed by atoms with Crippen molar-refractivity contribution < 1.29 is 24.2 Å². The Morgan fingerprint density at radius 1 is 1.15 bits per heavy atom. The molecule has 1 saturated carbocycles. The number of anilines is 1. The Bertz CT molecular complexity index is 1150. The molecule has 0 aromatic heterocycles. The number of nitrogens with zero attached hydrogens (tertiary/aromatic N) is 3. The Labute approximate surface area is 251 Å². The summed E-state index contributed by atoms with van der Waals surface area (Å²) >= 11 is 3.78. The van der Waals surface area contributed by atoms with Gasteiger partial charge in [-0.05, 0) is 37.8 Å². The van der Waals surface area contributed by atoms with Crippen molar-refractivity contribution in [3.8, 4) is 0 Å². The lowest BCUT2D eigenvalue weighted by molar-refractivity contribution is -0.153. The molecule has 3 unspecified atom stereocenters. The van der Waals surface area contributed by atoms with Gasteiger partial charge in [0.2, 0.25) is 17.7 Å². The predicted molar refractivity (Wildman–Crippen MR) is 161 cm³/mol. The third-order valence-electron chi connectivity index (χ3n) is 9.59. The first kappa shape index (κ1) is 30.0. The summed E-state index contributed by atoms with van der Waals surface area (Å²) in [5.41, 5.74) is -0.452. The summed E-state index contributed by atoms with van der Waals surface area (Å²) in [7, 11) is 0. The molecule has 222 valence electrons. The van der Waals surface area contributed by atoms with E-state index in [0.29, 0.717) is 25.1 Å². The second-order valence-electron chi connectivity index (χ2n) is 11.8. The van der Waals surface area contributed by atoms with Crippen LogP contribution in [0.5, 0.6) is 0 Å². The van der Waals surface area contributed by atoms with Crippen molar-refractivity contribution in [2.24, 2.45) is 11.8 Å². The molecule has 3 amide bonds. The minimum atomic E-state index is -1.17. The van der Waals surface area contributed by atoms with Crippen LogP contribution < -0.4 is 4.90 Å². The number of rotatable bonds is 11. The molecule has 1 aromatic rings. The fraction of sp³-hybridized carbons (Fsp3) is 0.594. The SMILES string of the molecule is C=CCN(C(=O)[C@H]1[C@H]2C(=O)N([C@@H](CC)CO)C(C(=O)N(CC=C)C3CCCCC3)C23CC(Br)[C@@H]1O3)c1ccccc1. The van der Waals surface area contributed by atoms with Crippen LogP contribution in [0.15, 0.2) is 55.6 Å². The second-order valence-corrected chi connectivity index (χ2v) is 13.0. The fourth-order valence-corrected chi connectivity index (χ4v) is 8.73. The highest BCUT2D eigenvalue weighted by Crippen LogP contribution is 2.61. The normalized spacial score (nSPS) is 31.5. The summed E-state index contributed by atoms with van der Waals surface area (Å²) in [6, 6.07) is 7.94. The monoisotopic (exact) mass is 627 g/mol. The molecule has 1 aliphatic carbocycles. The van der Waals surface area contributed by atoms with E-state index in [2.05, 4.69) is 29.1 Å². The van der Waals surface area contributed by atoms with E-state index in [0.717, 1.165) is 32.1 Å². The maximum Gasteiger partial charge on any atom is 0.248 e. The lowest BCUT2D eigenvalue weighted by Crippen LogP contribution is -2.60. The topological polar surface area (TPSA) is 90.4 Å². The highest BCUT2D eigenvalue weighted by Gasteiger charge is 2.77. The van der Waals surface area contributed by atoms with E-state index in [-0.39, 0.29) is 41.7 Å². The Morgan fingerprint density at radius 3 is 2.44 bits per heavy atom. The third-order valence-corrected chi connectivity index (χ3v) is 10.4. The van der Waals surface area contributed by atoms with Crippen LogP contribution in [0, 0.1) is 11.8 Å². The number of para-hydroxylation sites is 1. The molecule has 3 heterocycles. The molecule has 5 rings (SSSR count). The van der Waals surface area contributed by atoms with E-state index in [1.54, 1.807) is 22.0 Å². The van der Waals surface area contributed by atoms with Gasteiger partial charge in [0, 0.05) is 29.6 Å². The molecule has 9 heteroatoms. The molecule has 7 atom stereocenters. The predicted octanol–water partition coefficient (Wildman–Crippen LogP) is 4.07. The van der Waals surface area contributed by atoms with Gasteiger partial charge in [-0.1, -0.05) is 72.5 Å². The van der Waals surface area contributed by atoms with Crippen molar-refractivity contribution >= 4 is 39.3 Å². The Kier molecular flexibility index (Phi) is 9.07. The van der Waals surface area contributed by atoms with Crippen molar-refractivity contribution in [2.45, 2.75) is 86.5 Å². The first-order chi connectivity index (χ1) is 19.8. The van der Waals surface area contributed by atoms with Gasteiger partial charge in [0.1, 0.15) is 11.6 Å². The number of aliphatic hydroxyl groups is 1. The van der Waals surface area contributed by atoms with E-state index in [9.17, 15) is 19.5 Å². The number of hydrogen-bond acceptors (Lipinski definition) is 5. The van der Waals surface area contributed by atoms with Gasteiger partial charge >= 0.3 is 0 Å². The summed E-state index contributed by atoms with van der Waals surface area (Å²) < 4.78 is 6.75. The number of alkyl halides is 1. The van der Waals surface area contributed by atoms with Crippen molar-refractivity contribution in [1.29, 1.82) is 0 Å². The quantitative estimate of drug-likeness (QED) is 0.295. The van der Waals surface area contributed by atoms with Crippen molar-refractivity contribution in [3.05, 3.63) is 55.6 Å². The highest BCUT2D eigenvalue weighted by atomic mass is 79.9. The number of carbonyl (C=O) groups excluding carboxylic acids is 3. The molecule has 3 aliphatic heterocycles. The highest BCUT2D eigenvalue weighted by molar-refractivity contribution is 9.09. The van der Waals surface area contributed by atoms with Gasteiger partial charge in [-0.3, -0.25) is 14.4 Å². The maximum atomic E-state index is 14.7. The van der Waals surface area contributed by atoms with E-state index in [4.69, 9.17) is 4.74 Å². The smallest absolute Gasteiger partial charge is 0.248 e. The zero-order valence-corrected chi connectivity index (χ0v) is 25.5. The summed E-state index contributed by atoms with van der Waals surface area (Å²) in [6.45, 7) is 10.1. The second kappa shape index (κ2) is 12.4. The van der Waals surface area contributed by atoms with Crippen LogP contribution in [0.25, 0.3) is 0 Å². The standard InChI is InChI=1S/C32H42BrN3O5/c1-4-17-34(22-13-9-7-10-14-22)29(38)25-26-30(39)36(21(6-3)20-37)28(32(26)19-24(33)27(25)41-32)31(40)35(18-5-2)23-15-11-8-12-16-23/h4-5,7,9-10,13-14,21,23-28,37H,1-2,6,8,11-12,15-20H2,3H3/t21-,24?,25-,26-,27-,28?,32?/m0/s1. The molecule has 3 saturated heterocycles. The van der Waals surface area contributed by atoms with Crippen molar-refractivity contribution in [3.63, 3.8) is 0 Å². The van der Waals surface area contributed by atoms with Crippen LogP contribution in [0.1, 0.15) is 51.9 Å². The zero-order chi connectivity index (χ0) is 29.3. The first-order valence-corrected chi connectivity index (χ1v) is 15.9. The van der Waals surface area contributed by atoms with Gasteiger partial charge in [0.25, 0.3) is 0 Å². The van der Waals surface area contributed by atoms with Crippen LogP contribution in [0.2, 0.25) is 0 Å². The number of amides is 3. The Morgan fingerprint density at radius 2 is 1.83 bits per heavy atom. The van der Waals surface area contributed by atoms with E-state index < -0.39 is 35.6 Å². The van der Waals surface area contributed by atoms with Gasteiger partial charge in [0.05, 0.1) is 30.6 Å². The first-order valence-electron chi connectivity index (χ1n) is 15.0. The Balaban J connectivity index is 1.58. The van der Waals surface area contributed by atoms with Gasteiger partial charge in [-0.15, -0.1) is 13.2 Å². The summed E-state index contributed by atoms with van der Waals surface area (Å²) in [5, 5.41) is 10.4. The Hall–Kier alpha value is -2.49. The van der Waals surface area contributed by atoms with Gasteiger partial charge in [0.15, 0.2) is 0 Å². The van der Waals surface area contributed by atoms with Crippen molar-refractivity contribution in [1.82, 2.24) is 9.80 Å². The molecule has 1 N–H and O–H groups in total. The minimum absolute atomic E-state index is 0.0628. The molecule has 0 radical (unpaired) electrons. The van der Waals surface area contributed by atoms with Crippen LogP contribution in [-0.2, 0) is 19.1 Å². The number of ether oxygens (including phenoxy) is 1. The molecule has 8 nitrogen and oxygen atoms in total. The number of benzene rings is 1. The van der Waals surface area contributed by atoms with E-state index in [1.807, 2.05) is 42.2 Å². The van der Waals surface area contributed by atoms with E-state index >= 15 is 0 Å². The maximum absolute atomic E-state index is 14.7. The third kappa shape index (κ3) is 4.97. The number of halogens is 1. The lowest BCUT2D eigenvalue weighted by atomic mass is 9.70. The summed E-state index contributed by atoms with van der Waals surface area (Å²) in [5.74, 6) is -2.26. The number of aliphatic hydroxyl groups excluding tert-OH is 1. The molecule has 1 aromatic carbocycles. The number of carbonyl (C=O) groups is 3. The molecule has 4 fully saturated rings. The fourth-order valence-electron chi connectivity index (χ4n) is 7.78. The van der Waals surface area contributed by atoms with Crippen LogP contribution >= 0.6 is 15.9 Å². The summed E-state index contributed by atoms with van der Waals surface area (Å²) in [6.07, 6.45) is 8.85. The van der Waals surface area contributed by atoms with Crippen LogP contribution in [-0.4, -0.2) is 87.0 Å². The molecular weight excluding hydrogens is 586 g/mol. The largest absolute Gasteiger partial charge is 0.394 e. The lowest BCUT2D eigenvalue weighted by Gasteiger charge is -2.42. The van der Waals surface area contributed by atoms with Gasteiger partial charge in [-0.2, -0.15) is 0 Å². The van der Waals surface area contributed by atoms with Crippen LogP contribution in [0.3, 0.4) is 0 Å². The summed E-state index contributed by atoms with van der Waals surface area (Å²) in [4.78, 5) is 48.5. The average molecular weight is 629 g/mol. The van der Waals surface area contributed by atoms with Gasteiger partial charge < -0.3 is 24.5 Å². The molecule has 4 aliphatic rings.